The van der Waals surface area contributed by atoms with E-state index in [2.05, 4.69) is 18.9 Å². The molecule has 0 saturated carbocycles. The van der Waals surface area contributed by atoms with Crippen LogP contribution in [-0.2, 0) is 38.1 Å². The maximum atomic E-state index is 11.1. The first kappa shape index (κ1) is 19.3. The third-order valence-electron chi connectivity index (χ3n) is 1.95. The number of hydrogen-bond donors (Lipinski definition) is 1. The first-order valence-corrected chi connectivity index (χ1v) is 5.92. The molecule has 0 radical (unpaired) electrons. The molecule has 0 atom stereocenters. The Balaban J connectivity index is 3.97. The lowest BCUT2D eigenvalue weighted by Crippen LogP contribution is -2.24. The van der Waals surface area contributed by atoms with Gasteiger partial charge in [0, 0.05) is 24.3 Å². The lowest BCUT2D eigenvalue weighted by atomic mass is 10.4. The second kappa shape index (κ2) is 11.0. The minimum atomic E-state index is -1.26. The van der Waals surface area contributed by atoms with Crippen LogP contribution in [0.1, 0.15) is 0 Å². The Kier molecular flexibility index (Phi) is 9.69. The minimum absolute atomic E-state index is 0.446. The molecule has 0 unspecified atom stereocenters. The smallest absolute Gasteiger partial charge is 0.331 e. The van der Waals surface area contributed by atoms with Gasteiger partial charge in [0.1, 0.15) is 19.3 Å². The third kappa shape index (κ3) is 10.1. The van der Waals surface area contributed by atoms with Crippen molar-refractivity contribution in [1.82, 2.24) is 0 Å². The molecule has 0 aliphatic heterocycles. The molecule has 22 heavy (non-hydrogen) atoms. The van der Waals surface area contributed by atoms with Crippen LogP contribution in [0, 0.1) is 0 Å². The molecule has 1 N–H and O–H groups in total. The van der Waals surface area contributed by atoms with Gasteiger partial charge in [-0.15, -0.1) is 0 Å². The largest absolute Gasteiger partial charge is 0.466 e. The molecule has 0 heterocycles. The Morgan fingerprint density at radius 3 is 1.41 bits per heavy atom. The van der Waals surface area contributed by atoms with Crippen LogP contribution in [-0.4, -0.2) is 62.5 Å². The zero-order chi connectivity index (χ0) is 17.0. The molecule has 122 valence electrons. The highest BCUT2D eigenvalue weighted by atomic mass is 16.6. The van der Waals surface area contributed by atoms with E-state index in [1.165, 1.54) is 0 Å². The van der Waals surface area contributed by atoms with Crippen molar-refractivity contribution in [3.8, 4) is 0 Å². The molecule has 0 bridgehead atoms. The predicted molar refractivity (Wildman–Crippen MR) is 70.2 cm³/mol. The van der Waals surface area contributed by atoms with Crippen molar-refractivity contribution < 1.29 is 43.2 Å². The number of aliphatic hydroxyl groups is 1. The Morgan fingerprint density at radius 2 is 1.09 bits per heavy atom. The van der Waals surface area contributed by atoms with Crippen LogP contribution >= 0.6 is 0 Å². The number of esters is 4. The molecule has 0 spiro atoms. The number of ether oxygens (including phenoxy) is 4. The summed E-state index contributed by atoms with van der Waals surface area (Å²) in [4.78, 5) is 43.6. The number of hydrogen-bond acceptors (Lipinski definition) is 9. The highest BCUT2D eigenvalue weighted by molar-refractivity contribution is 5.92. The van der Waals surface area contributed by atoms with Crippen molar-refractivity contribution in [2.75, 3.05) is 27.4 Å². The molecule has 0 saturated heterocycles. The Morgan fingerprint density at radius 1 is 0.773 bits per heavy atom. The van der Waals surface area contributed by atoms with Gasteiger partial charge in [0.15, 0.2) is 0 Å². The van der Waals surface area contributed by atoms with E-state index in [4.69, 9.17) is 0 Å². The van der Waals surface area contributed by atoms with E-state index in [1.54, 1.807) is 0 Å². The molecular weight excluding hydrogens is 300 g/mol. The SMILES string of the molecule is COC(=O)/C=C/C(=O)OCC(O)COC(=O)/C=C/C(=O)OC. The van der Waals surface area contributed by atoms with Crippen LogP contribution < -0.4 is 0 Å². The Bertz CT molecular complexity index is 422. The van der Waals surface area contributed by atoms with Gasteiger partial charge in [-0.1, -0.05) is 0 Å². The van der Waals surface area contributed by atoms with Gasteiger partial charge in [-0.25, -0.2) is 19.2 Å². The zero-order valence-corrected chi connectivity index (χ0v) is 12.0. The molecular formula is C13H16O9. The first-order valence-electron chi connectivity index (χ1n) is 5.92. The van der Waals surface area contributed by atoms with Gasteiger partial charge in [0.25, 0.3) is 0 Å². The van der Waals surface area contributed by atoms with E-state index in [9.17, 15) is 24.3 Å². The number of carbonyl (C=O) groups is 4. The Labute approximate surface area is 126 Å². The fourth-order valence-corrected chi connectivity index (χ4v) is 0.909. The molecule has 0 aromatic heterocycles. The molecule has 0 aromatic rings. The number of rotatable bonds is 8. The monoisotopic (exact) mass is 316 g/mol. The van der Waals surface area contributed by atoms with E-state index in [0.29, 0.717) is 0 Å². The summed E-state index contributed by atoms with van der Waals surface area (Å²) in [6.45, 7) is -0.892. The third-order valence-corrected chi connectivity index (χ3v) is 1.95. The van der Waals surface area contributed by atoms with Crippen LogP contribution in [0.5, 0.6) is 0 Å². The van der Waals surface area contributed by atoms with Crippen molar-refractivity contribution in [3.63, 3.8) is 0 Å². The first-order chi connectivity index (χ1) is 10.4. The van der Waals surface area contributed by atoms with Crippen LogP contribution in [0.25, 0.3) is 0 Å². The van der Waals surface area contributed by atoms with E-state index in [1.807, 2.05) is 0 Å². The number of carbonyl (C=O) groups excluding carboxylic acids is 4. The molecule has 0 rings (SSSR count). The van der Waals surface area contributed by atoms with Crippen LogP contribution in [0.15, 0.2) is 24.3 Å². The fraction of sp³-hybridized carbons (Fsp3) is 0.385. The van der Waals surface area contributed by atoms with Crippen molar-refractivity contribution in [3.05, 3.63) is 24.3 Å². The number of aliphatic hydroxyl groups excluding tert-OH is 1. The molecule has 0 aromatic carbocycles. The lowest BCUT2D eigenvalue weighted by molar-refractivity contribution is -0.147. The molecule has 0 amide bonds. The summed E-state index contributed by atoms with van der Waals surface area (Å²) in [6, 6.07) is 0. The summed E-state index contributed by atoms with van der Waals surface area (Å²) < 4.78 is 17.7. The predicted octanol–water partition coefficient (Wildman–Crippen LogP) is -1.11. The molecule has 0 fully saturated rings. The highest BCUT2D eigenvalue weighted by Crippen LogP contribution is 1.92. The van der Waals surface area contributed by atoms with Gasteiger partial charge < -0.3 is 24.1 Å². The second-order valence-corrected chi connectivity index (χ2v) is 3.63. The van der Waals surface area contributed by atoms with Crippen LogP contribution in [0.2, 0.25) is 0 Å². The average Bonchev–Trinajstić information content (AvgIpc) is 2.53. The highest BCUT2D eigenvalue weighted by Gasteiger charge is 2.10. The maximum Gasteiger partial charge on any atom is 0.331 e. The van der Waals surface area contributed by atoms with Gasteiger partial charge in [-0.3, -0.25) is 0 Å². The normalized spacial score (nSPS) is 10.7. The molecule has 9 nitrogen and oxygen atoms in total. The van der Waals surface area contributed by atoms with Crippen LogP contribution in [0.3, 0.4) is 0 Å². The van der Waals surface area contributed by atoms with Crippen molar-refractivity contribution in [1.29, 1.82) is 0 Å². The van der Waals surface area contributed by atoms with Crippen molar-refractivity contribution in [2.24, 2.45) is 0 Å². The van der Waals surface area contributed by atoms with Crippen LogP contribution in [0.4, 0.5) is 0 Å². The van der Waals surface area contributed by atoms with Crippen molar-refractivity contribution >= 4 is 23.9 Å². The zero-order valence-electron chi connectivity index (χ0n) is 12.0. The van der Waals surface area contributed by atoms with E-state index in [0.717, 1.165) is 38.5 Å². The standard InChI is InChI=1S/C13H16O9/c1-19-10(15)3-5-12(17)21-7-9(14)8-22-13(18)6-4-11(16)20-2/h3-6,9,14H,7-8H2,1-2H3/b5-3+,6-4+. The summed E-state index contributed by atoms with van der Waals surface area (Å²) in [5.74, 6) is -3.21. The van der Waals surface area contributed by atoms with Gasteiger partial charge >= 0.3 is 23.9 Å². The summed E-state index contributed by atoms with van der Waals surface area (Å²) in [7, 11) is 2.29. The van der Waals surface area contributed by atoms with Crippen molar-refractivity contribution in [2.45, 2.75) is 6.10 Å². The summed E-state index contributed by atoms with van der Waals surface area (Å²) in [5, 5.41) is 9.41. The maximum absolute atomic E-state index is 11.1. The molecule has 0 aliphatic rings. The quantitative estimate of drug-likeness (QED) is 0.337. The lowest BCUT2D eigenvalue weighted by Gasteiger charge is -2.10. The Hall–Kier alpha value is -2.68. The van der Waals surface area contributed by atoms with Gasteiger partial charge in [0.2, 0.25) is 0 Å². The molecule has 9 heteroatoms. The van der Waals surface area contributed by atoms with E-state index in [-0.39, 0.29) is 0 Å². The number of methoxy groups -OCH3 is 2. The summed E-state index contributed by atoms with van der Waals surface area (Å²) in [6.07, 6.45) is 2.09. The van der Waals surface area contributed by atoms with Gasteiger partial charge in [0.05, 0.1) is 14.2 Å². The van der Waals surface area contributed by atoms with E-state index < -0.39 is 43.2 Å². The average molecular weight is 316 g/mol. The van der Waals surface area contributed by atoms with Gasteiger partial charge in [-0.2, -0.15) is 0 Å². The summed E-state index contributed by atoms with van der Waals surface area (Å²) in [5.41, 5.74) is 0. The minimum Gasteiger partial charge on any atom is -0.466 e. The topological polar surface area (TPSA) is 125 Å². The van der Waals surface area contributed by atoms with Gasteiger partial charge in [-0.05, 0) is 0 Å². The second-order valence-electron chi connectivity index (χ2n) is 3.63. The summed E-state index contributed by atoms with van der Waals surface area (Å²) >= 11 is 0. The van der Waals surface area contributed by atoms with E-state index >= 15 is 0 Å². The fourth-order valence-electron chi connectivity index (χ4n) is 0.909. The molecule has 0 aliphatic carbocycles.